The molecule has 0 radical (unpaired) electrons. The number of aryl methyl sites for hydroxylation is 1. The summed E-state index contributed by atoms with van der Waals surface area (Å²) in [7, 11) is 5.33. The molecular weight excluding hydrogens is 815 g/mol. The third kappa shape index (κ3) is 7.28. The fraction of sp³-hybridized carbons (Fsp3) is 0.467. The number of epoxide rings is 1. The average Bonchev–Trinajstić information content (AvgIpc) is 3.50. The minimum atomic E-state index is -1.11. The van der Waals surface area contributed by atoms with Crippen LogP contribution >= 0.6 is 21.6 Å². The molecule has 14 nitrogen and oxygen atoms in total. The maximum Gasteiger partial charge on any atom is 0.341 e. The number of carbonyl (C=O) groups is 1. The Bertz CT molecular complexity index is 2580. The second-order valence-corrected chi connectivity index (χ2v) is 20.3. The summed E-state index contributed by atoms with van der Waals surface area (Å²) in [5, 5.41) is 23.7. The van der Waals surface area contributed by atoms with Gasteiger partial charge >= 0.3 is 5.97 Å². The van der Waals surface area contributed by atoms with Crippen molar-refractivity contribution in [2.24, 2.45) is 17.4 Å². The molecule has 10 rings (SSSR count). The smallest absolute Gasteiger partial charge is 0.341 e. The maximum absolute atomic E-state index is 14.7. The van der Waals surface area contributed by atoms with Crippen molar-refractivity contribution in [1.82, 2.24) is 25.5 Å². The first-order valence-corrected chi connectivity index (χ1v) is 23.7. The van der Waals surface area contributed by atoms with Crippen LogP contribution in [0.5, 0.6) is 11.5 Å². The predicted molar refractivity (Wildman–Crippen MR) is 238 cm³/mol. The highest BCUT2D eigenvalue weighted by molar-refractivity contribution is 8.76. The van der Waals surface area contributed by atoms with E-state index in [1.165, 1.54) is 6.07 Å². The summed E-state index contributed by atoms with van der Waals surface area (Å²) in [4.78, 5) is 31.3. The largest absolute Gasteiger partial charge is 0.507 e. The number of hydrogen-bond donors (Lipinski definition) is 7. The number of phenolic OH excluding ortho intramolecular Hbond substituents is 1. The van der Waals surface area contributed by atoms with Gasteiger partial charge in [0.1, 0.15) is 45.8 Å². The number of aromatic hydroxyl groups is 1. The summed E-state index contributed by atoms with van der Waals surface area (Å²) in [6.45, 7) is 5.08. The van der Waals surface area contributed by atoms with E-state index in [9.17, 15) is 14.7 Å². The van der Waals surface area contributed by atoms with Crippen molar-refractivity contribution in [3.05, 3.63) is 105 Å². The van der Waals surface area contributed by atoms with Gasteiger partial charge in [0.05, 0.1) is 29.5 Å². The highest BCUT2D eigenvalue weighted by Gasteiger charge is 2.65. The molecule has 1 aromatic carbocycles. The van der Waals surface area contributed by atoms with Crippen molar-refractivity contribution in [3.63, 3.8) is 0 Å². The number of benzene rings is 1. The Labute approximate surface area is 361 Å². The summed E-state index contributed by atoms with van der Waals surface area (Å²) in [5.41, 5.74) is 16.1. The number of ether oxygens (including phenoxy) is 3. The van der Waals surface area contributed by atoms with Gasteiger partial charge in [-0.05, 0) is 88.8 Å². The van der Waals surface area contributed by atoms with E-state index >= 15 is 0 Å². The van der Waals surface area contributed by atoms with Gasteiger partial charge in [-0.25, -0.2) is 4.79 Å². The molecule has 6 aliphatic rings. The molecule has 1 spiro atoms. The SMILES string of the molecule is CNCC1CCC23OC2CCC2=CC(NC(N)=C2)C2=CC(Cn4cc5cc[nH]c5c4)NC(N)=C2CSSCCC2(C)Oc4cc5oc(C)cc(=O)c5c(O)c4C(C1)C2OC3=O. The van der Waals surface area contributed by atoms with E-state index in [4.69, 9.17) is 30.1 Å². The van der Waals surface area contributed by atoms with Crippen LogP contribution in [-0.4, -0.2) is 81.2 Å². The second-order valence-electron chi connectivity index (χ2n) is 17.7. The van der Waals surface area contributed by atoms with Crippen molar-refractivity contribution < 1.29 is 28.5 Å². The van der Waals surface area contributed by atoms with E-state index in [1.807, 2.05) is 26.2 Å². The summed E-state index contributed by atoms with van der Waals surface area (Å²) in [6.07, 6.45) is 15.1. The molecule has 2 fully saturated rings. The van der Waals surface area contributed by atoms with E-state index in [0.29, 0.717) is 91.8 Å². The van der Waals surface area contributed by atoms with Crippen molar-refractivity contribution >= 4 is 49.4 Å². The molecule has 9 N–H and O–H groups in total. The first-order valence-electron chi connectivity index (χ1n) is 21.2. The molecule has 0 aliphatic carbocycles. The lowest BCUT2D eigenvalue weighted by molar-refractivity contribution is -0.172. The zero-order chi connectivity index (χ0) is 42.2. The lowest BCUT2D eigenvalue weighted by Gasteiger charge is -2.46. The number of rotatable bonds is 4. The van der Waals surface area contributed by atoms with Gasteiger partial charge in [0, 0.05) is 77.6 Å². The lowest BCUT2D eigenvalue weighted by Crippen LogP contribution is -2.54. The van der Waals surface area contributed by atoms with Gasteiger partial charge in [-0.2, -0.15) is 0 Å². The standard InChI is InChI=1S/C45H53N7O7S2/c1-23-12-33(53)39-34(56-23)17-35-38(40(39)54)29-13-25(18-48-3)6-8-45-36(59-45)5-4-24-14-31(51-37(46)15-24)28-16-27(20-52-19-26-7-10-49-32(26)21-52)50-42(47)30(28)22-61-60-11-9-44(2,58-35)41(29)57-43(45)55/h7,10,12,14-17,19,21,25,27,29,31,36,41,48-51,54H,4-6,8-9,11,13,18,20,22,46-47H2,1-3H3. The Morgan fingerprint density at radius 1 is 1.10 bits per heavy atom. The molecule has 61 heavy (non-hydrogen) atoms. The fourth-order valence-corrected chi connectivity index (χ4v) is 12.8. The number of allylic oxidation sites excluding steroid dienone is 2. The Morgan fingerprint density at radius 2 is 1.97 bits per heavy atom. The van der Waals surface area contributed by atoms with Crippen LogP contribution in [0.3, 0.4) is 0 Å². The summed E-state index contributed by atoms with van der Waals surface area (Å²) >= 11 is 0. The molecular formula is C45H53N7O7S2. The van der Waals surface area contributed by atoms with Crippen molar-refractivity contribution in [2.45, 2.75) is 100 Å². The van der Waals surface area contributed by atoms with Crippen LogP contribution in [0.2, 0.25) is 0 Å². The summed E-state index contributed by atoms with van der Waals surface area (Å²) < 4.78 is 28.3. The van der Waals surface area contributed by atoms with E-state index in [0.717, 1.165) is 27.6 Å². The average molecular weight is 868 g/mol. The number of aromatic nitrogens is 2. The zero-order valence-corrected chi connectivity index (χ0v) is 36.2. The molecule has 8 unspecified atom stereocenters. The quantitative estimate of drug-likeness (QED) is 0.0777. The number of nitrogens with zero attached hydrogens (tertiary/aromatic N) is 1. The number of dihydropyridines is 2. The highest BCUT2D eigenvalue weighted by atomic mass is 33.1. The van der Waals surface area contributed by atoms with Crippen LogP contribution < -0.4 is 37.6 Å². The first-order chi connectivity index (χ1) is 29.4. The number of nitrogens with two attached hydrogens (primary N) is 2. The number of fused-ring (bicyclic) bond motifs is 8. The zero-order valence-electron chi connectivity index (χ0n) is 34.5. The molecule has 4 aromatic rings. The normalized spacial score (nSPS) is 31.5. The van der Waals surface area contributed by atoms with Crippen molar-refractivity contribution in [1.29, 1.82) is 0 Å². The highest BCUT2D eigenvalue weighted by Crippen LogP contribution is 2.55. The Morgan fingerprint density at radius 3 is 2.80 bits per heavy atom. The third-order valence-electron chi connectivity index (χ3n) is 13.5. The topological polar surface area (TPSA) is 207 Å². The molecule has 3 aromatic heterocycles. The molecule has 322 valence electrons. The minimum absolute atomic E-state index is 0.0612. The Kier molecular flexibility index (Phi) is 10.2. The van der Waals surface area contributed by atoms with Crippen molar-refractivity contribution in [3.8, 4) is 11.5 Å². The van der Waals surface area contributed by atoms with Crippen LogP contribution in [0.1, 0.15) is 62.7 Å². The molecule has 9 heterocycles. The Hall–Kier alpha value is -4.90. The molecule has 4 bridgehead atoms. The van der Waals surface area contributed by atoms with Crippen LogP contribution in [0.15, 0.2) is 92.6 Å². The van der Waals surface area contributed by atoms with Gasteiger partial charge < -0.3 is 60.7 Å². The van der Waals surface area contributed by atoms with Gasteiger partial charge in [-0.15, -0.1) is 0 Å². The number of phenols is 1. The Balaban J connectivity index is 1.02. The molecule has 8 atom stereocenters. The lowest BCUT2D eigenvalue weighted by atomic mass is 9.74. The molecule has 16 heteroatoms. The number of carbonyl (C=O) groups excluding carboxylic acids is 1. The summed E-state index contributed by atoms with van der Waals surface area (Å²) in [6, 6.07) is 4.91. The molecule has 0 saturated carbocycles. The number of nitrogens with one attached hydrogen (secondary N) is 4. The van der Waals surface area contributed by atoms with Crippen LogP contribution in [-0.2, 0) is 20.8 Å². The summed E-state index contributed by atoms with van der Waals surface area (Å²) in [5.74, 6) is 2.40. The van der Waals surface area contributed by atoms with Gasteiger partial charge in [0.25, 0.3) is 0 Å². The van der Waals surface area contributed by atoms with Crippen LogP contribution in [0.25, 0.3) is 21.9 Å². The number of H-pyrrole nitrogens is 1. The number of hydrogen-bond acceptors (Lipinski definition) is 14. The van der Waals surface area contributed by atoms with Gasteiger partial charge in [0.15, 0.2) is 11.0 Å². The molecule has 6 aliphatic heterocycles. The number of aromatic amines is 1. The predicted octanol–water partition coefficient (Wildman–Crippen LogP) is 5.43. The third-order valence-corrected chi connectivity index (χ3v) is 15.8. The first kappa shape index (κ1) is 40.2. The monoisotopic (exact) mass is 867 g/mol. The molecule has 0 amide bonds. The second kappa shape index (κ2) is 15.5. The van der Waals surface area contributed by atoms with Crippen LogP contribution in [0, 0.1) is 12.8 Å². The maximum atomic E-state index is 14.7. The van der Waals surface area contributed by atoms with Gasteiger partial charge in [-0.3, -0.25) is 4.79 Å². The van der Waals surface area contributed by atoms with Gasteiger partial charge in [0.2, 0.25) is 0 Å². The van der Waals surface area contributed by atoms with Crippen molar-refractivity contribution in [2.75, 3.05) is 25.1 Å². The fourth-order valence-electron chi connectivity index (χ4n) is 10.4. The van der Waals surface area contributed by atoms with E-state index in [1.54, 1.807) is 34.6 Å². The molecule has 2 saturated heterocycles. The number of esters is 1. The van der Waals surface area contributed by atoms with Crippen LogP contribution in [0.4, 0.5) is 0 Å². The minimum Gasteiger partial charge on any atom is -0.507 e. The van der Waals surface area contributed by atoms with E-state index in [2.05, 4.69) is 56.1 Å². The van der Waals surface area contributed by atoms with E-state index < -0.39 is 29.2 Å². The van der Waals surface area contributed by atoms with E-state index in [-0.39, 0.29) is 46.3 Å². The van der Waals surface area contributed by atoms with Gasteiger partial charge in [-0.1, -0.05) is 33.7 Å².